The summed E-state index contributed by atoms with van der Waals surface area (Å²) in [6.07, 6.45) is 2.74. The zero-order chi connectivity index (χ0) is 8.81. The van der Waals surface area contributed by atoms with Crippen LogP contribution in [0.2, 0.25) is 0 Å². The van der Waals surface area contributed by atoms with E-state index in [0.29, 0.717) is 18.8 Å². The molecule has 0 aliphatic carbocycles. The van der Waals surface area contributed by atoms with Crippen molar-refractivity contribution >= 4 is 11.7 Å². The minimum absolute atomic E-state index is 0.316. The van der Waals surface area contributed by atoms with E-state index in [1.165, 1.54) is 12.5 Å². The molecule has 0 saturated carbocycles. The maximum Gasteiger partial charge on any atom is 0.319 e. The molecular formula is C6H10N4O2. The number of nitrogens with zero attached hydrogens (tertiary/aromatic N) is 1. The van der Waals surface area contributed by atoms with Crippen LogP contribution in [0.5, 0.6) is 0 Å². The van der Waals surface area contributed by atoms with Gasteiger partial charge in [-0.2, -0.15) is 0 Å². The number of anilines is 1. The number of carbonyl (C=O) groups is 1. The largest absolute Gasteiger partial charge is 0.363 e. The molecule has 0 spiro atoms. The molecule has 6 heteroatoms. The molecular weight excluding hydrogens is 160 g/mol. The Morgan fingerprint density at radius 3 is 3.17 bits per heavy atom. The van der Waals surface area contributed by atoms with Crippen LogP contribution in [0.1, 0.15) is 0 Å². The van der Waals surface area contributed by atoms with Crippen molar-refractivity contribution in [2.24, 2.45) is 5.73 Å². The Kier molecular flexibility index (Phi) is 3.09. The molecule has 66 valence electrons. The topological polar surface area (TPSA) is 93.2 Å². The van der Waals surface area contributed by atoms with Crippen LogP contribution in [0.4, 0.5) is 10.5 Å². The average molecular weight is 170 g/mol. The van der Waals surface area contributed by atoms with Gasteiger partial charge in [0.15, 0.2) is 0 Å². The third-order valence-electron chi connectivity index (χ3n) is 1.12. The number of amides is 2. The van der Waals surface area contributed by atoms with Crippen LogP contribution in [0.3, 0.4) is 0 Å². The quantitative estimate of drug-likeness (QED) is 0.583. The molecule has 0 atom stereocenters. The predicted molar refractivity (Wildman–Crippen MR) is 42.6 cm³/mol. The number of hydrogen-bond donors (Lipinski definition) is 3. The molecule has 1 aromatic heterocycles. The van der Waals surface area contributed by atoms with Crippen molar-refractivity contribution in [3.05, 3.63) is 12.5 Å². The number of nitrogens with two attached hydrogens (primary N) is 1. The van der Waals surface area contributed by atoms with Gasteiger partial charge in [0, 0.05) is 13.1 Å². The van der Waals surface area contributed by atoms with Gasteiger partial charge in [-0.1, -0.05) is 5.16 Å². The van der Waals surface area contributed by atoms with E-state index in [1.807, 2.05) is 0 Å². The second kappa shape index (κ2) is 4.35. The molecule has 2 amide bonds. The van der Waals surface area contributed by atoms with Crippen LogP contribution in [0.25, 0.3) is 0 Å². The molecule has 0 aliphatic heterocycles. The first-order chi connectivity index (χ1) is 5.83. The van der Waals surface area contributed by atoms with E-state index in [4.69, 9.17) is 5.73 Å². The summed E-state index contributed by atoms with van der Waals surface area (Å²) in [4.78, 5) is 10.9. The Hall–Kier alpha value is -1.56. The predicted octanol–water partition coefficient (Wildman–Crippen LogP) is -0.245. The molecule has 0 saturated heterocycles. The van der Waals surface area contributed by atoms with Crippen molar-refractivity contribution in [2.45, 2.75) is 0 Å². The highest BCUT2D eigenvalue weighted by Gasteiger charge is 2.00. The molecule has 6 nitrogen and oxygen atoms in total. The molecule has 0 unspecified atom stereocenters. The van der Waals surface area contributed by atoms with Crippen molar-refractivity contribution in [3.63, 3.8) is 0 Å². The Labute approximate surface area is 69.1 Å². The van der Waals surface area contributed by atoms with Crippen LogP contribution in [0.15, 0.2) is 17.0 Å². The van der Waals surface area contributed by atoms with Gasteiger partial charge >= 0.3 is 6.03 Å². The molecule has 0 fully saturated rings. The summed E-state index contributed by atoms with van der Waals surface area (Å²) in [5.74, 6) is 0. The molecule has 0 aliphatic rings. The van der Waals surface area contributed by atoms with Crippen molar-refractivity contribution < 1.29 is 9.32 Å². The maximum absolute atomic E-state index is 10.9. The molecule has 1 rings (SSSR count). The zero-order valence-electron chi connectivity index (χ0n) is 6.41. The monoisotopic (exact) mass is 170 g/mol. The van der Waals surface area contributed by atoms with E-state index in [0.717, 1.165) is 0 Å². The fraction of sp³-hybridized carbons (Fsp3) is 0.333. The second-order valence-electron chi connectivity index (χ2n) is 2.08. The third-order valence-corrected chi connectivity index (χ3v) is 1.12. The summed E-state index contributed by atoms with van der Waals surface area (Å²) in [6.45, 7) is 0.855. The second-order valence-corrected chi connectivity index (χ2v) is 2.08. The van der Waals surface area contributed by atoms with Crippen LogP contribution in [-0.2, 0) is 0 Å². The van der Waals surface area contributed by atoms with Gasteiger partial charge < -0.3 is 20.9 Å². The van der Waals surface area contributed by atoms with E-state index in [9.17, 15) is 4.79 Å². The van der Waals surface area contributed by atoms with Crippen molar-refractivity contribution in [3.8, 4) is 0 Å². The Bertz CT molecular complexity index is 234. The van der Waals surface area contributed by atoms with Crippen LogP contribution in [0, 0.1) is 0 Å². The Morgan fingerprint density at radius 2 is 2.58 bits per heavy atom. The number of nitrogens with one attached hydrogen (secondary N) is 2. The van der Waals surface area contributed by atoms with Crippen LogP contribution >= 0.6 is 0 Å². The smallest absolute Gasteiger partial charge is 0.319 e. The first-order valence-electron chi connectivity index (χ1n) is 3.47. The fourth-order valence-electron chi connectivity index (χ4n) is 0.628. The lowest BCUT2D eigenvalue weighted by atomic mass is 10.6. The number of rotatable bonds is 3. The molecule has 12 heavy (non-hydrogen) atoms. The summed E-state index contributed by atoms with van der Waals surface area (Å²) in [6, 6.07) is -0.316. The van der Waals surface area contributed by atoms with E-state index in [1.54, 1.807) is 0 Å². The summed E-state index contributed by atoms with van der Waals surface area (Å²) in [7, 11) is 0. The third kappa shape index (κ3) is 2.59. The summed E-state index contributed by atoms with van der Waals surface area (Å²) < 4.78 is 4.50. The number of urea groups is 1. The lowest BCUT2D eigenvalue weighted by Crippen LogP contribution is -2.32. The highest BCUT2D eigenvalue weighted by atomic mass is 16.5. The number of hydrogen-bond acceptors (Lipinski definition) is 4. The van der Waals surface area contributed by atoms with Gasteiger partial charge in [0.25, 0.3) is 0 Å². The highest BCUT2D eigenvalue weighted by molar-refractivity contribution is 5.88. The van der Waals surface area contributed by atoms with Gasteiger partial charge in [-0.3, -0.25) is 0 Å². The Balaban J connectivity index is 2.27. The van der Waals surface area contributed by atoms with E-state index in [-0.39, 0.29) is 6.03 Å². The maximum atomic E-state index is 10.9. The molecule has 1 aromatic rings. The van der Waals surface area contributed by atoms with Crippen molar-refractivity contribution in [2.75, 3.05) is 18.4 Å². The molecule has 1 heterocycles. The molecule has 4 N–H and O–H groups in total. The van der Waals surface area contributed by atoms with E-state index >= 15 is 0 Å². The number of aromatic nitrogens is 1. The standard InChI is InChI=1S/C6H10N4O2/c7-1-2-8-6(11)10-5-3-9-12-4-5/h3-4H,1-2,7H2,(H2,8,10,11). The molecule has 0 aromatic carbocycles. The van der Waals surface area contributed by atoms with Gasteiger partial charge in [-0.05, 0) is 0 Å². The minimum Gasteiger partial charge on any atom is -0.363 e. The normalized spacial score (nSPS) is 9.42. The Morgan fingerprint density at radius 1 is 1.75 bits per heavy atom. The SMILES string of the molecule is NCCNC(=O)Nc1cnoc1. The lowest BCUT2D eigenvalue weighted by Gasteiger charge is -2.02. The fourth-order valence-corrected chi connectivity index (χ4v) is 0.628. The van der Waals surface area contributed by atoms with Gasteiger partial charge in [0.2, 0.25) is 0 Å². The molecule has 0 radical (unpaired) electrons. The van der Waals surface area contributed by atoms with Crippen LogP contribution in [-0.4, -0.2) is 24.3 Å². The van der Waals surface area contributed by atoms with Crippen LogP contribution < -0.4 is 16.4 Å². The molecule has 0 bridgehead atoms. The average Bonchev–Trinajstić information content (AvgIpc) is 2.53. The zero-order valence-corrected chi connectivity index (χ0v) is 6.41. The number of carbonyl (C=O) groups excluding carboxylic acids is 1. The van der Waals surface area contributed by atoms with Gasteiger partial charge in [-0.15, -0.1) is 0 Å². The van der Waals surface area contributed by atoms with Crippen molar-refractivity contribution in [1.29, 1.82) is 0 Å². The van der Waals surface area contributed by atoms with E-state index in [2.05, 4.69) is 20.3 Å². The lowest BCUT2D eigenvalue weighted by molar-refractivity contribution is 0.252. The minimum atomic E-state index is -0.316. The van der Waals surface area contributed by atoms with Gasteiger partial charge in [0.05, 0.1) is 6.20 Å². The first-order valence-corrected chi connectivity index (χ1v) is 3.47. The highest BCUT2D eigenvalue weighted by Crippen LogP contribution is 2.01. The summed E-state index contributed by atoms with van der Waals surface area (Å²) in [5, 5.41) is 8.43. The van der Waals surface area contributed by atoms with Crippen molar-refractivity contribution in [1.82, 2.24) is 10.5 Å². The van der Waals surface area contributed by atoms with Gasteiger partial charge in [0.1, 0.15) is 12.0 Å². The van der Waals surface area contributed by atoms with E-state index < -0.39 is 0 Å². The summed E-state index contributed by atoms with van der Waals surface area (Å²) in [5.41, 5.74) is 5.69. The summed E-state index contributed by atoms with van der Waals surface area (Å²) >= 11 is 0. The van der Waals surface area contributed by atoms with Gasteiger partial charge in [-0.25, -0.2) is 4.79 Å². The first kappa shape index (κ1) is 8.54.